The number of carbonyl (C=O) groups excluding carboxylic acids is 1. The summed E-state index contributed by atoms with van der Waals surface area (Å²) in [5.74, 6) is -0.584. The van der Waals surface area contributed by atoms with Crippen molar-refractivity contribution in [1.82, 2.24) is 10.0 Å². The van der Waals surface area contributed by atoms with Gasteiger partial charge in [-0.1, -0.05) is 18.4 Å². The summed E-state index contributed by atoms with van der Waals surface area (Å²) in [6, 6.07) is 0. The highest BCUT2D eigenvalue weighted by molar-refractivity contribution is 7.98. The van der Waals surface area contributed by atoms with Gasteiger partial charge in [-0.05, 0) is 19.3 Å². The Kier molecular flexibility index (Phi) is 6.98. The predicted octanol–water partition coefficient (Wildman–Crippen LogP) is 0.561. The number of carbonyl (C=O) groups is 1. The van der Waals surface area contributed by atoms with Gasteiger partial charge in [-0.2, -0.15) is 8.42 Å². The Bertz CT molecular complexity index is 353. The smallest absolute Gasteiger partial charge is 0.266 e. The first-order chi connectivity index (χ1) is 8.47. The Balaban J connectivity index is 1.96. The van der Waals surface area contributed by atoms with E-state index in [4.69, 9.17) is 4.55 Å². The molecule has 1 aliphatic heterocycles. The number of rotatable bonds is 8. The molecule has 3 N–H and O–H groups in total. The Morgan fingerprint density at radius 2 is 2.22 bits per heavy atom. The van der Waals surface area contributed by atoms with E-state index in [1.54, 1.807) is 11.9 Å². The summed E-state index contributed by atoms with van der Waals surface area (Å²) in [6.07, 6.45) is 4.53. The van der Waals surface area contributed by atoms with E-state index in [1.807, 2.05) is 0 Å². The first-order valence-corrected chi connectivity index (χ1v) is 8.56. The molecule has 8 heteroatoms. The Morgan fingerprint density at radius 3 is 2.83 bits per heavy atom. The molecule has 1 fully saturated rings. The second kappa shape index (κ2) is 7.98. The van der Waals surface area contributed by atoms with Crippen molar-refractivity contribution >= 4 is 28.0 Å². The van der Waals surface area contributed by atoms with Gasteiger partial charge in [-0.3, -0.25) is 14.1 Å². The van der Waals surface area contributed by atoms with E-state index in [2.05, 4.69) is 10.0 Å². The molecule has 18 heavy (non-hydrogen) atoms. The minimum atomic E-state index is -3.98. The van der Waals surface area contributed by atoms with Gasteiger partial charge in [-0.25, -0.2) is 0 Å². The second-order valence-corrected chi connectivity index (χ2v) is 7.07. The van der Waals surface area contributed by atoms with Crippen LogP contribution in [0.25, 0.3) is 0 Å². The molecule has 1 amide bonds. The van der Waals surface area contributed by atoms with Crippen molar-refractivity contribution in [1.29, 1.82) is 0 Å². The minimum Gasteiger partial charge on any atom is -0.355 e. The van der Waals surface area contributed by atoms with E-state index in [0.29, 0.717) is 11.7 Å². The summed E-state index contributed by atoms with van der Waals surface area (Å²) in [6.45, 7) is 1.03. The van der Waals surface area contributed by atoms with Gasteiger partial charge in [0.15, 0.2) is 0 Å². The van der Waals surface area contributed by atoms with Crippen LogP contribution >= 0.6 is 11.9 Å². The zero-order valence-corrected chi connectivity index (χ0v) is 11.9. The summed E-state index contributed by atoms with van der Waals surface area (Å²) < 4.78 is 32.5. The van der Waals surface area contributed by atoms with Crippen molar-refractivity contribution in [2.75, 3.05) is 18.8 Å². The maximum absolute atomic E-state index is 11.3. The normalized spacial score (nSPS) is 19.9. The molecule has 0 aromatic rings. The highest BCUT2D eigenvalue weighted by Crippen LogP contribution is 2.22. The number of hydrogen-bond acceptors (Lipinski definition) is 5. The first-order valence-electron chi connectivity index (χ1n) is 6.08. The van der Waals surface area contributed by atoms with Gasteiger partial charge in [-0.15, -0.1) is 0 Å². The van der Waals surface area contributed by atoms with Crippen LogP contribution in [0, 0.1) is 0 Å². The molecule has 0 aromatic carbocycles. The van der Waals surface area contributed by atoms with Gasteiger partial charge in [0.25, 0.3) is 10.1 Å². The third-order valence-corrected chi connectivity index (χ3v) is 4.58. The maximum Gasteiger partial charge on any atom is 0.266 e. The molecule has 106 valence electrons. The number of amides is 1. The summed E-state index contributed by atoms with van der Waals surface area (Å²) >= 11 is 1.77. The molecule has 1 atom stereocenters. The van der Waals surface area contributed by atoms with Crippen molar-refractivity contribution in [2.24, 2.45) is 0 Å². The lowest BCUT2D eigenvalue weighted by Crippen LogP contribution is -2.28. The lowest BCUT2D eigenvalue weighted by Gasteiger charge is -2.07. The molecule has 0 saturated carbocycles. The van der Waals surface area contributed by atoms with E-state index in [1.165, 1.54) is 6.42 Å². The van der Waals surface area contributed by atoms with Gasteiger partial charge in [0, 0.05) is 24.8 Å². The Morgan fingerprint density at radius 1 is 1.44 bits per heavy atom. The number of unbranched alkanes of at least 4 members (excludes halogenated alkanes) is 1. The quantitative estimate of drug-likeness (QED) is 0.344. The molecule has 0 spiro atoms. The van der Waals surface area contributed by atoms with Crippen LogP contribution in [0.3, 0.4) is 0 Å². The fourth-order valence-electron chi connectivity index (χ4n) is 1.72. The van der Waals surface area contributed by atoms with Gasteiger partial charge >= 0.3 is 0 Å². The van der Waals surface area contributed by atoms with E-state index in [0.717, 1.165) is 25.8 Å². The maximum atomic E-state index is 11.3. The Labute approximate surface area is 112 Å². The van der Waals surface area contributed by atoms with E-state index < -0.39 is 15.9 Å². The topological polar surface area (TPSA) is 95.5 Å². The van der Waals surface area contributed by atoms with Crippen molar-refractivity contribution < 1.29 is 17.8 Å². The zero-order chi connectivity index (χ0) is 13.4. The first kappa shape index (κ1) is 15.7. The van der Waals surface area contributed by atoms with Crippen molar-refractivity contribution in [3.8, 4) is 0 Å². The van der Waals surface area contributed by atoms with Crippen LogP contribution in [0.2, 0.25) is 0 Å². The number of nitrogens with one attached hydrogen (secondary N) is 2. The summed E-state index contributed by atoms with van der Waals surface area (Å²) in [7, 11) is -3.98. The SMILES string of the molecule is O=C(CCCCC1CCNS1)NCCS(=O)(=O)O. The summed E-state index contributed by atoms with van der Waals surface area (Å²) in [4.78, 5) is 11.3. The van der Waals surface area contributed by atoms with Crippen molar-refractivity contribution in [3.05, 3.63) is 0 Å². The van der Waals surface area contributed by atoms with Gasteiger partial charge in [0.05, 0.1) is 5.75 Å². The van der Waals surface area contributed by atoms with Crippen LogP contribution < -0.4 is 10.0 Å². The second-order valence-electron chi connectivity index (χ2n) is 4.30. The van der Waals surface area contributed by atoms with Crippen LogP contribution in [-0.4, -0.2) is 43.0 Å². The monoisotopic (exact) mass is 296 g/mol. The molecule has 0 radical (unpaired) electrons. The summed E-state index contributed by atoms with van der Waals surface area (Å²) in [5, 5.41) is 3.13. The lowest BCUT2D eigenvalue weighted by molar-refractivity contribution is -0.121. The van der Waals surface area contributed by atoms with Gasteiger partial charge < -0.3 is 5.32 Å². The Hall–Kier alpha value is -0.310. The highest BCUT2D eigenvalue weighted by atomic mass is 32.2. The van der Waals surface area contributed by atoms with E-state index in [9.17, 15) is 13.2 Å². The highest BCUT2D eigenvalue weighted by Gasteiger charge is 2.14. The summed E-state index contributed by atoms with van der Waals surface area (Å²) in [5.41, 5.74) is 0. The van der Waals surface area contributed by atoms with E-state index >= 15 is 0 Å². The van der Waals surface area contributed by atoms with Crippen LogP contribution in [0.15, 0.2) is 0 Å². The average molecular weight is 296 g/mol. The molecule has 6 nitrogen and oxygen atoms in total. The molecule has 0 bridgehead atoms. The molecular weight excluding hydrogens is 276 g/mol. The molecule has 1 rings (SSSR count). The fourth-order valence-corrected chi connectivity index (χ4v) is 3.08. The molecule has 1 aliphatic rings. The third kappa shape index (κ3) is 7.91. The van der Waals surface area contributed by atoms with E-state index in [-0.39, 0.29) is 12.5 Å². The molecule has 1 saturated heterocycles. The minimum absolute atomic E-state index is 0.0277. The molecule has 0 aliphatic carbocycles. The molecule has 0 aromatic heterocycles. The molecular formula is C10H20N2O4S2. The van der Waals surface area contributed by atoms with Crippen molar-refractivity contribution in [3.63, 3.8) is 0 Å². The standard InChI is InChI=1S/C10H20N2O4S2/c13-10(11-7-8-18(14,15)16)4-2-1-3-9-5-6-12-17-9/h9,12H,1-8H2,(H,11,13)(H,14,15,16). The lowest BCUT2D eigenvalue weighted by atomic mass is 10.1. The molecule has 1 heterocycles. The fraction of sp³-hybridized carbons (Fsp3) is 0.900. The van der Waals surface area contributed by atoms with Gasteiger partial charge in [0.2, 0.25) is 5.91 Å². The predicted molar refractivity (Wildman–Crippen MR) is 71.9 cm³/mol. The van der Waals surface area contributed by atoms with Crippen LogP contribution in [0.4, 0.5) is 0 Å². The average Bonchev–Trinajstić information content (AvgIpc) is 2.75. The van der Waals surface area contributed by atoms with Gasteiger partial charge in [0.1, 0.15) is 0 Å². The largest absolute Gasteiger partial charge is 0.355 e. The zero-order valence-electron chi connectivity index (χ0n) is 10.2. The van der Waals surface area contributed by atoms with Crippen molar-refractivity contribution in [2.45, 2.75) is 37.4 Å². The number of hydrogen-bond donors (Lipinski definition) is 3. The van der Waals surface area contributed by atoms with Crippen LogP contribution in [-0.2, 0) is 14.9 Å². The third-order valence-electron chi connectivity index (χ3n) is 2.68. The van der Waals surface area contributed by atoms with Crippen LogP contribution in [0.5, 0.6) is 0 Å². The molecule has 1 unspecified atom stereocenters. The van der Waals surface area contributed by atoms with Crippen LogP contribution in [0.1, 0.15) is 32.1 Å².